The van der Waals surface area contributed by atoms with Crippen molar-refractivity contribution in [2.45, 2.75) is 200 Å². The average Bonchev–Trinajstić information content (AvgIpc) is 3.20. The van der Waals surface area contributed by atoms with E-state index >= 15 is 0 Å². The molecule has 0 saturated carbocycles. The number of unbranched alkanes of at least 4 members (excludes halogenated alkanes) is 6. The summed E-state index contributed by atoms with van der Waals surface area (Å²) in [7, 11) is -1.99. The van der Waals surface area contributed by atoms with Crippen molar-refractivity contribution in [3.8, 4) is 23.3 Å². The molecule has 3 aliphatic rings. The van der Waals surface area contributed by atoms with E-state index in [2.05, 4.69) is 203 Å². The molecule has 4 aromatic carbocycles. The third kappa shape index (κ3) is 9.73. The fourth-order valence-electron chi connectivity index (χ4n) is 10.9. The summed E-state index contributed by atoms with van der Waals surface area (Å²) < 4.78 is 1.41. The van der Waals surface area contributed by atoms with E-state index in [0.29, 0.717) is 16.6 Å². The van der Waals surface area contributed by atoms with Gasteiger partial charge in [0.2, 0.25) is 0 Å². The predicted octanol–water partition coefficient (Wildman–Crippen LogP) is 17.1. The molecule has 0 nitrogen and oxygen atoms in total. The van der Waals surface area contributed by atoms with Crippen LogP contribution >= 0.6 is 22.6 Å². The van der Waals surface area contributed by atoms with Gasteiger partial charge < -0.3 is 0 Å². The Morgan fingerprint density at radius 1 is 0.508 bits per heavy atom. The van der Waals surface area contributed by atoms with Crippen LogP contribution in [0.4, 0.5) is 0 Å². The van der Waals surface area contributed by atoms with Crippen molar-refractivity contribution in [3.05, 3.63) is 137 Å². The number of rotatable bonds is 13. The van der Waals surface area contributed by atoms with Gasteiger partial charge in [0.25, 0.3) is 0 Å². The van der Waals surface area contributed by atoms with E-state index in [4.69, 9.17) is 0 Å². The summed E-state index contributed by atoms with van der Waals surface area (Å²) in [5.74, 6) is 12.1. The summed E-state index contributed by atoms with van der Waals surface area (Å²) in [6, 6.07) is 24.6. The van der Waals surface area contributed by atoms with Gasteiger partial charge in [-0.2, -0.15) is 0 Å². The Hall–Kier alpha value is -3.05. The topological polar surface area (TPSA) is 0 Å². The molecular weight excluding hydrogens is 864 g/mol. The van der Waals surface area contributed by atoms with Crippen LogP contribution in [0.2, 0.25) is 16.6 Å². The van der Waals surface area contributed by atoms with Crippen LogP contribution in [0.3, 0.4) is 0 Å². The number of aryl methyl sites for hydroxylation is 2. The molecule has 324 valence electrons. The minimum atomic E-state index is -1.99. The molecule has 4 aromatic rings. The van der Waals surface area contributed by atoms with Crippen LogP contribution < -0.4 is 0 Å². The van der Waals surface area contributed by atoms with Crippen molar-refractivity contribution in [3.63, 3.8) is 0 Å². The smallest absolute Gasteiger partial charge is 0.125 e. The molecule has 0 aliphatic heterocycles. The summed E-state index contributed by atoms with van der Waals surface area (Å²) in [6.45, 7) is 33.3. The zero-order valence-corrected chi connectivity index (χ0v) is 43.8. The molecule has 2 atom stereocenters. The third-order valence-electron chi connectivity index (χ3n) is 14.5. The van der Waals surface area contributed by atoms with Crippen molar-refractivity contribution in [1.82, 2.24) is 0 Å². The SMILES string of the molecule is CCCCCCc1cc(C#Cc2ccc(C#C[Si](C(C)C)(C(C)C)C(C)C)c3c2[C@H]2c4ccc(C(C)(C)C)cc4[C@@H]3c3ccc(C(C)(C)C)cc32)c(CCCCCC)cc1I. The van der Waals surface area contributed by atoms with Gasteiger partial charge in [0.05, 0.1) is 0 Å². The lowest BCUT2D eigenvalue weighted by Gasteiger charge is -2.44. The zero-order valence-electron chi connectivity index (χ0n) is 40.6. The molecule has 0 unspecified atom stereocenters. The first kappa shape index (κ1) is 47.4. The quantitative estimate of drug-likeness (QED) is 0.0468. The molecule has 7 rings (SSSR count). The van der Waals surface area contributed by atoms with Crippen molar-refractivity contribution in [2.75, 3.05) is 0 Å². The van der Waals surface area contributed by atoms with Crippen LogP contribution in [-0.2, 0) is 23.7 Å². The summed E-state index contributed by atoms with van der Waals surface area (Å²) >= 11 is 2.60. The van der Waals surface area contributed by atoms with E-state index in [1.165, 1.54) is 127 Å². The summed E-state index contributed by atoms with van der Waals surface area (Å²) in [5.41, 5.74) is 24.0. The Bertz CT molecular complexity index is 2310. The first-order chi connectivity index (χ1) is 28.8. The lowest BCUT2D eigenvalue weighted by atomic mass is 9.58. The lowest BCUT2D eigenvalue weighted by Crippen LogP contribution is -2.43. The molecule has 2 bridgehead atoms. The molecule has 0 aromatic heterocycles. The van der Waals surface area contributed by atoms with Crippen molar-refractivity contribution >= 4 is 30.7 Å². The maximum absolute atomic E-state index is 4.17. The highest BCUT2D eigenvalue weighted by Crippen LogP contribution is 2.58. The normalized spacial score (nSPS) is 15.6. The minimum absolute atomic E-state index is 0.0501. The van der Waals surface area contributed by atoms with Crippen molar-refractivity contribution < 1.29 is 0 Å². The monoisotopic (exact) mass is 940 g/mol. The Labute approximate surface area is 388 Å². The van der Waals surface area contributed by atoms with Crippen LogP contribution in [0.5, 0.6) is 0 Å². The van der Waals surface area contributed by atoms with Gasteiger partial charge in [-0.05, 0) is 156 Å². The maximum Gasteiger partial charge on any atom is 0.146 e. The number of hydrogen-bond acceptors (Lipinski definition) is 0. The van der Waals surface area contributed by atoms with Gasteiger partial charge in [-0.15, -0.1) is 5.54 Å². The summed E-state index contributed by atoms with van der Waals surface area (Å²) in [4.78, 5) is 0. The van der Waals surface area contributed by atoms with E-state index in [-0.39, 0.29) is 22.7 Å². The van der Waals surface area contributed by atoms with Gasteiger partial charge >= 0.3 is 0 Å². The van der Waals surface area contributed by atoms with Gasteiger partial charge in [0.1, 0.15) is 8.07 Å². The predicted molar refractivity (Wildman–Crippen MR) is 277 cm³/mol. The molecule has 2 heteroatoms. The molecule has 3 aliphatic carbocycles. The van der Waals surface area contributed by atoms with Gasteiger partial charge in [0, 0.05) is 32.1 Å². The van der Waals surface area contributed by atoms with Crippen molar-refractivity contribution in [1.29, 1.82) is 0 Å². The molecule has 0 spiro atoms. The van der Waals surface area contributed by atoms with Crippen LogP contribution in [0.25, 0.3) is 0 Å². The van der Waals surface area contributed by atoms with Gasteiger partial charge in [0.15, 0.2) is 0 Å². The first-order valence-corrected chi connectivity index (χ1v) is 27.5. The Morgan fingerprint density at radius 3 is 1.39 bits per heavy atom. The Kier molecular flexibility index (Phi) is 15.1. The summed E-state index contributed by atoms with van der Waals surface area (Å²) in [6.07, 6.45) is 12.4. The number of halogens is 1. The van der Waals surface area contributed by atoms with E-state index in [9.17, 15) is 0 Å². The molecule has 0 fully saturated rings. The van der Waals surface area contributed by atoms with Gasteiger partial charge in [-0.3, -0.25) is 0 Å². The minimum Gasteiger partial charge on any atom is -0.125 e. The highest BCUT2D eigenvalue weighted by atomic mass is 127. The van der Waals surface area contributed by atoms with E-state index < -0.39 is 8.07 Å². The molecule has 0 heterocycles. The van der Waals surface area contributed by atoms with Crippen molar-refractivity contribution in [2.24, 2.45) is 0 Å². The average molecular weight is 941 g/mol. The molecule has 61 heavy (non-hydrogen) atoms. The number of benzene rings is 4. The van der Waals surface area contributed by atoms with E-state index in [1.54, 1.807) is 0 Å². The first-order valence-electron chi connectivity index (χ1n) is 24.2. The van der Waals surface area contributed by atoms with Gasteiger partial charge in [-0.25, -0.2) is 0 Å². The molecule has 0 amide bonds. The Balaban J connectivity index is 1.63. The van der Waals surface area contributed by atoms with Crippen LogP contribution in [-0.4, -0.2) is 8.07 Å². The second-order valence-electron chi connectivity index (χ2n) is 21.7. The molecule has 0 saturated heterocycles. The second-order valence-corrected chi connectivity index (χ2v) is 28.4. The highest BCUT2D eigenvalue weighted by Gasteiger charge is 2.45. The standard InChI is InChI=1S/C59H77ISi/c1-15-17-19-21-23-44-36-53(60)46(24-22-20-18-16-2)35-45(44)28-27-42-25-26-43(33-34-61(39(3)4,40(5)6)41(7)8)55-54(42)56-49-31-29-48(59(12,13)14)38-52(49)57(55)50-32-30-47(37-51(50)56)58(9,10)11/h25-26,29-32,35-41,56-57H,15-24H2,1-14H3/t56-,57-/m0/s1. The number of hydrogen-bond donors (Lipinski definition) is 0. The molecule has 0 N–H and O–H groups in total. The lowest BCUT2D eigenvalue weighted by molar-refractivity contribution is 0.583. The summed E-state index contributed by atoms with van der Waals surface area (Å²) in [5, 5.41) is 0. The highest BCUT2D eigenvalue weighted by molar-refractivity contribution is 14.1. The molecular formula is C59H77ISi. The fraction of sp³-hybridized carbons (Fsp3) is 0.525. The van der Waals surface area contributed by atoms with Gasteiger partial charge in [-0.1, -0.05) is 190 Å². The molecule has 0 radical (unpaired) electrons. The van der Waals surface area contributed by atoms with Crippen LogP contribution in [0, 0.1) is 26.9 Å². The van der Waals surface area contributed by atoms with Crippen LogP contribution in [0.1, 0.15) is 232 Å². The second kappa shape index (κ2) is 19.4. The third-order valence-corrected chi connectivity index (χ3v) is 21.8. The van der Waals surface area contributed by atoms with E-state index in [1.807, 2.05) is 0 Å². The van der Waals surface area contributed by atoms with Crippen LogP contribution in [0.15, 0.2) is 60.7 Å². The largest absolute Gasteiger partial charge is 0.146 e. The Morgan fingerprint density at radius 2 is 0.951 bits per heavy atom. The fourth-order valence-corrected chi connectivity index (χ4v) is 17.0. The van der Waals surface area contributed by atoms with E-state index in [0.717, 1.165) is 12.8 Å². The maximum atomic E-state index is 4.17. The zero-order chi connectivity index (χ0) is 44.4.